The molecular formula is C12H14N2. The summed E-state index contributed by atoms with van der Waals surface area (Å²) in [6.07, 6.45) is 7.47. The van der Waals surface area contributed by atoms with Crippen molar-refractivity contribution in [2.75, 3.05) is 0 Å². The van der Waals surface area contributed by atoms with Crippen LogP contribution in [-0.4, -0.2) is 11.7 Å². The topological polar surface area (TPSA) is 25.2 Å². The van der Waals surface area contributed by atoms with Gasteiger partial charge in [-0.15, -0.1) is 0 Å². The molecule has 0 N–H and O–H groups in total. The fourth-order valence-corrected chi connectivity index (χ4v) is 1.00. The highest BCUT2D eigenvalue weighted by Gasteiger charge is 1.95. The van der Waals surface area contributed by atoms with Crippen molar-refractivity contribution in [1.82, 2.24) is 4.98 Å². The van der Waals surface area contributed by atoms with Gasteiger partial charge in [-0.25, -0.2) is 0 Å². The molecule has 0 saturated carbocycles. The standard InChI is InChI=1S/C12H14N2/c1-10(2)6-7-12(13-3)11-5-4-8-14-9-11/h4-9H,3H2,1-2H3/b12-7-. The second-order valence-corrected chi connectivity index (χ2v) is 3.20. The van der Waals surface area contributed by atoms with Crippen LogP contribution in [0.25, 0.3) is 5.70 Å². The van der Waals surface area contributed by atoms with Crippen molar-refractivity contribution in [2.24, 2.45) is 4.99 Å². The number of hydrogen-bond donors (Lipinski definition) is 0. The van der Waals surface area contributed by atoms with Gasteiger partial charge in [-0.2, -0.15) is 0 Å². The summed E-state index contributed by atoms with van der Waals surface area (Å²) in [7, 11) is 0. The van der Waals surface area contributed by atoms with E-state index in [4.69, 9.17) is 0 Å². The lowest BCUT2D eigenvalue weighted by atomic mass is 10.2. The molecule has 1 heterocycles. The molecule has 2 heteroatoms. The average molecular weight is 186 g/mol. The lowest BCUT2D eigenvalue weighted by Crippen LogP contribution is -1.81. The molecule has 0 aliphatic carbocycles. The summed E-state index contributed by atoms with van der Waals surface area (Å²) in [5.41, 5.74) is 3.06. The first kappa shape index (κ1) is 10.4. The Morgan fingerprint density at radius 2 is 2.21 bits per heavy atom. The fourth-order valence-electron chi connectivity index (χ4n) is 1.00. The predicted octanol–water partition coefficient (Wildman–Crippen LogP) is 3.09. The highest BCUT2D eigenvalue weighted by molar-refractivity contribution is 5.68. The summed E-state index contributed by atoms with van der Waals surface area (Å²) < 4.78 is 0. The molecule has 0 aliphatic rings. The summed E-state index contributed by atoms with van der Waals surface area (Å²) in [4.78, 5) is 7.99. The van der Waals surface area contributed by atoms with Gasteiger partial charge >= 0.3 is 0 Å². The van der Waals surface area contributed by atoms with Gasteiger partial charge in [0.1, 0.15) is 0 Å². The Morgan fingerprint density at radius 1 is 1.43 bits per heavy atom. The second kappa shape index (κ2) is 5.12. The molecule has 1 aromatic rings. The Hall–Kier alpha value is -1.70. The normalized spacial score (nSPS) is 10.9. The van der Waals surface area contributed by atoms with E-state index >= 15 is 0 Å². The summed E-state index contributed by atoms with van der Waals surface area (Å²) >= 11 is 0. The Morgan fingerprint density at radius 3 is 2.71 bits per heavy atom. The molecule has 0 spiro atoms. The van der Waals surface area contributed by atoms with Gasteiger partial charge in [0.2, 0.25) is 0 Å². The lowest BCUT2D eigenvalue weighted by Gasteiger charge is -1.98. The van der Waals surface area contributed by atoms with Gasteiger partial charge in [0.15, 0.2) is 0 Å². The summed E-state index contributed by atoms with van der Waals surface area (Å²) in [5.74, 6) is 0. The molecule has 1 aromatic heterocycles. The van der Waals surface area contributed by atoms with Crippen LogP contribution in [0.4, 0.5) is 0 Å². The average Bonchev–Trinajstić information content (AvgIpc) is 2.20. The highest BCUT2D eigenvalue weighted by atomic mass is 14.7. The van der Waals surface area contributed by atoms with Crippen molar-refractivity contribution in [3.63, 3.8) is 0 Å². The zero-order chi connectivity index (χ0) is 10.4. The molecule has 0 saturated heterocycles. The third kappa shape index (κ3) is 2.98. The van der Waals surface area contributed by atoms with Crippen LogP contribution in [0, 0.1) is 0 Å². The predicted molar refractivity (Wildman–Crippen MR) is 61.2 cm³/mol. The van der Waals surface area contributed by atoms with Crippen LogP contribution >= 0.6 is 0 Å². The molecule has 2 nitrogen and oxygen atoms in total. The van der Waals surface area contributed by atoms with Crippen LogP contribution in [0.1, 0.15) is 19.4 Å². The third-order valence-corrected chi connectivity index (χ3v) is 1.70. The quantitative estimate of drug-likeness (QED) is 0.526. The van der Waals surface area contributed by atoms with Gasteiger partial charge < -0.3 is 0 Å². The number of pyridine rings is 1. The number of aromatic nitrogens is 1. The van der Waals surface area contributed by atoms with Crippen LogP contribution in [0.15, 0.2) is 47.2 Å². The third-order valence-electron chi connectivity index (χ3n) is 1.70. The minimum absolute atomic E-state index is 0.847. The molecule has 0 bridgehead atoms. The smallest absolute Gasteiger partial charge is 0.0710 e. The molecule has 0 aliphatic heterocycles. The molecule has 72 valence electrons. The first-order valence-electron chi connectivity index (χ1n) is 4.46. The maximum atomic E-state index is 4.03. The largest absolute Gasteiger partial charge is 0.264 e. The van der Waals surface area contributed by atoms with Crippen LogP contribution in [0.5, 0.6) is 0 Å². The molecule has 0 amide bonds. The first-order valence-corrected chi connectivity index (χ1v) is 4.46. The van der Waals surface area contributed by atoms with E-state index in [-0.39, 0.29) is 0 Å². The first-order chi connectivity index (χ1) is 6.74. The van der Waals surface area contributed by atoms with Crippen molar-refractivity contribution < 1.29 is 0 Å². The van der Waals surface area contributed by atoms with Crippen LogP contribution < -0.4 is 0 Å². The Balaban J connectivity index is 2.99. The summed E-state index contributed by atoms with van der Waals surface area (Å²) in [6.45, 7) is 7.62. The number of nitrogens with zero attached hydrogens (tertiary/aromatic N) is 2. The highest BCUT2D eigenvalue weighted by Crippen LogP contribution is 2.13. The molecular weight excluding hydrogens is 172 g/mol. The van der Waals surface area contributed by atoms with Gasteiger partial charge in [-0.05, 0) is 38.8 Å². The Kier molecular flexibility index (Phi) is 3.80. The SMILES string of the molecule is C=N/C(=C\C=C(C)C)c1cccnc1. The summed E-state index contributed by atoms with van der Waals surface area (Å²) in [5, 5.41) is 0. The van der Waals surface area contributed by atoms with E-state index in [0.29, 0.717) is 0 Å². The van der Waals surface area contributed by atoms with E-state index in [1.54, 1.807) is 12.4 Å². The molecule has 0 unspecified atom stereocenters. The van der Waals surface area contributed by atoms with E-state index in [9.17, 15) is 0 Å². The van der Waals surface area contributed by atoms with Crippen molar-refractivity contribution in [3.05, 3.63) is 47.8 Å². The zero-order valence-corrected chi connectivity index (χ0v) is 8.57. The van der Waals surface area contributed by atoms with Crippen molar-refractivity contribution in [1.29, 1.82) is 0 Å². The van der Waals surface area contributed by atoms with Gasteiger partial charge in [-0.3, -0.25) is 9.98 Å². The van der Waals surface area contributed by atoms with Crippen molar-refractivity contribution in [3.8, 4) is 0 Å². The molecule has 1 rings (SSSR count). The molecule has 14 heavy (non-hydrogen) atoms. The van der Waals surface area contributed by atoms with Gasteiger partial charge in [-0.1, -0.05) is 11.6 Å². The number of aliphatic imine (C=N–C) groups is 1. The minimum Gasteiger partial charge on any atom is -0.264 e. The number of allylic oxidation sites excluding steroid dienone is 3. The molecule has 0 radical (unpaired) electrons. The Labute approximate surface area is 84.7 Å². The monoisotopic (exact) mass is 186 g/mol. The van der Waals surface area contributed by atoms with Gasteiger partial charge in [0.05, 0.1) is 5.70 Å². The van der Waals surface area contributed by atoms with E-state index in [0.717, 1.165) is 11.3 Å². The molecule has 0 atom stereocenters. The maximum absolute atomic E-state index is 4.03. The van der Waals surface area contributed by atoms with Gasteiger partial charge in [0.25, 0.3) is 0 Å². The van der Waals surface area contributed by atoms with Gasteiger partial charge in [0, 0.05) is 18.0 Å². The lowest BCUT2D eigenvalue weighted by molar-refractivity contribution is 1.30. The fraction of sp³-hybridized carbons (Fsp3) is 0.167. The Bertz CT molecular complexity index is 357. The van der Waals surface area contributed by atoms with E-state index in [1.165, 1.54) is 5.57 Å². The zero-order valence-electron chi connectivity index (χ0n) is 8.57. The molecule has 0 fully saturated rings. The number of rotatable bonds is 3. The minimum atomic E-state index is 0.847. The van der Waals surface area contributed by atoms with E-state index in [1.807, 2.05) is 38.1 Å². The van der Waals surface area contributed by atoms with Crippen LogP contribution in [0.2, 0.25) is 0 Å². The van der Waals surface area contributed by atoms with E-state index < -0.39 is 0 Å². The van der Waals surface area contributed by atoms with E-state index in [2.05, 4.69) is 16.7 Å². The molecule has 0 aromatic carbocycles. The maximum Gasteiger partial charge on any atom is 0.0710 e. The second-order valence-electron chi connectivity index (χ2n) is 3.20. The number of hydrogen-bond acceptors (Lipinski definition) is 2. The van der Waals surface area contributed by atoms with Crippen molar-refractivity contribution in [2.45, 2.75) is 13.8 Å². The van der Waals surface area contributed by atoms with Crippen LogP contribution in [0.3, 0.4) is 0 Å². The summed E-state index contributed by atoms with van der Waals surface area (Å²) in [6, 6.07) is 3.85. The van der Waals surface area contributed by atoms with Crippen LogP contribution in [-0.2, 0) is 0 Å². The van der Waals surface area contributed by atoms with Crippen molar-refractivity contribution >= 4 is 12.4 Å².